The smallest absolute Gasteiger partial charge is 0.263 e. The van der Waals surface area contributed by atoms with Gasteiger partial charge in [-0.05, 0) is 52.2 Å². The fraction of sp³-hybridized carbons (Fsp3) is 0.611. The minimum absolute atomic E-state index is 0.0403. The van der Waals surface area contributed by atoms with Gasteiger partial charge in [0.1, 0.15) is 5.75 Å². The first-order valence-corrected chi connectivity index (χ1v) is 7.83. The molecule has 1 amide bonds. The first-order valence-electron chi connectivity index (χ1n) is 7.83. The Kier molecular flexibility index (Phi) is 6.25. The van der Waals surface area contributed by atoms with Crippen LogP contribution in [-0.2, 0) is 4.79 Å². The Morgan fingerprint density at radius 3 is 1.95 bits per heavy atom. The molecule has 1 atom stereocenters. The second-order valence-corrected chi connectivity index (χ2v) is 6.39. The number of carbonyl (C=O) groups is 1. The average Bonchev–Trinajstić information content (AvgIpc) is 2.37. The summed E-state index contributed by atoms with van der Waals surface area (Å²) in [6.45, 7) is 14.2. The van der Waals surface area contributed by atoms with Crippen LogP contribution in [0.3, 0.4) is 0 Å². The van der Waals surface area contributed by atoms with Gasteiger partial charge in [0.05, 0.1) is 0 Å². The quantitative estimate of drug-likeness (QED) is 0.785. The molecule has 1 rings (SSSR count). The van der Waals surface area contributed by atoms with Crippen LogP contribution in [0.5, 0.6) is 5.75 Å². The van der Waals surface area contributed by atoms with Gasteiger partial charge in [-0.15, -0.1) is 0 Å². The van der Waals surface area contributed by atoms with E-state index < -0.39 is 6.10 Å². The third-order valence-electron chi connectivity index (χ3n) is 3.56. The van der Waals surface area contributed by atoms with Gasteiger partial charge in [-0.25, -0.2) is 0 Å². The highest BCUT2D eigenvalue weighted by atomic mass is 16.5. The molecule has 118 valence electrons. The molecule has 0 aromatic heterocycles. The molecule has 0 aliphatic heterocycles. The molecule has 0 saturated carbocycles. The van der Waals surface area contributed by atoms with Gasteiger partial charge in [0.15, 0.2) is 6.10 Å². The van der Waals surface area contributed by atoms with E-state index in [-0.39, 0.29) is 18.0 Å². The standard InChI is InChI=1S/C18H29NO2/c1-12(2)16-10-8-9-11-17(16)21-15(7)18(20)19(13(3)4)14(5)6/h8-15H,1-7H3. The molecule has 0 fully saturated rings. The number of carbonyl (C=O) groups excluding carboxylic acids is 1. The van der Waals surface area contributed by atoms with Gasteiger partial charge >= 0.3 is 0 Å². The van der Waals surface area contributed by atoms with Crippen molar-refractivity contribution in [2.24, 2.45) is 0 Å². The average molecular weight is 291 g/mol. The first-order chi connectivity index (χ1) is 9.75. The molecular weight excluding hydrogens is 262 g/mol. The molecule has 0 radical (unpaired) electrons. The van der Waals surface area contributed by atoms with Crippen molar-refractivity contribution in [3.63, 3.8) is 0 Å². The van der Waals surface area contributed by atoms with Crippen LogP contribution in [0, 0.1) is 0 Å². The van der Waals surface area contributed by atoms with Crippen LogP contribution < -0.4 is 4.74 Å². The number of rotatable bonds is 6. The summed E-state index contributed by atoms with van der Waals surface area (Å²) in [6.07, 6.45) is -0.477. The zero-order chi connectivity index (χ0) is 16.2. The highest BCUT2D eigenvalue weighted by molar-refractivity contribution is 5.81. The Balaban J connectivity index is 2.90. The Morgan fingerprint density at radius 2 is 1.48 bits per heavy atom. The lowest BCUT2D eigenvalue weighted by Crippen LogP contribution is -2.48. The van der Waals surface area contributed by atoms with Gasteiger partial charge in [0.25, 0.3) is 5.91 Å². The van der Waals surface area contributed by atoms with Crippen LogP contribution in [0.15, 0.2) is 24.3 Å². The molecule has 1 unspecified atom stereocenters. The number of ether oxygens (including phenoxy) is 1. The largest absolute Gasteiger partial charge is 0.481 e. The minimum atomic E-state index is -0.477. The van der Waals surface area contributed by atoms with Crippen LogP contribution in [0.25, 0.3) is 0 Å². The number of hydrogen-bond acceptors (Lipinski definition) is 2. The molecule has 3 nitrogen and oxygen atoms in total. The molecule has 21 heavy (non-hydrogen) atoms. The first kappa shape index (κ1) is 17.5. The van der Waals surface area contributed by atoms with Gasteiger partial charge in [-0.3, -0.25) is 4.79 Å². The lowest BCUT2D eigenvalue weighted by Gasteiger charge is -2.33. The van der Waals surface area contributed by atoms with Crippen molar-refractivity contribution in [3.8, 4) is 5.75 Å². The summed E-state index contributed by atoms with van der Waals surface area (Å²) in [4.78, 5) is 14.5. The van der Waals surface area contributed by atoms with Gasteiger partial charge < -0.3 is 9.64 Å². The van der Waals surface area contributed by atoms with Gasteiger partial charge in [0.2, 0.25) is 0 Å². The van der Waals surface area contributed by atoms with Crippen molar-refractivity contribution in [2.75, 3.05) is 0 Å². The molecular formula is C18H29NO2. The Hall–Kier alpha value is -1.51. The Morgan fingerprint density at radius 1 is 0.952 bits per heavy atom. The predicted octanol–water partition coefficient (Wildman–Crippen LogP) is 4.22. The normalized spacial score (nSPS) is 12.9. The van der Waals surface area contributed by atoms with E-state index in [1.54, 1.807) is 0 Å². The van der Waals surface area contributed by atoms with Crippen LogP contribution >= 0.6 is 0 Å². The van der Waals surface area contributed by atoms with E-state index in [4.69, 9.17) is 4.74 Å². The number of nitrogens with zero attached hydrogens (tertiary/aromatic N) is 1. The number of benzene rings is 1. The van der Waals surface area contributed by atoms with Crippen molar-refractivity contribution >= 4 is 5.91 Å². The van der Waals surface area contributed by atoms with Crippen molar-refractivity contribution in [1.29, 1.82) is 0 Å². The van der Waals surface area contributed by atoms with Crippen molar-refractivity contribution in [1.82, 2.24) is 4.90 Å². The lowest BCUT2D eigenvalue weighted by atomic mass is 10.0. The van der Waals surface area contributed by atoms with Crippen LogP contribution in [-0.4, -0.2) is 29.0 Å². The van der Waals surface area contributed by atoms with E-state index in [1.807, 2.05) is 57.7 Å². The molecule has 0 bridgehead atoms. The summed E-state index contributed by atoms with van der Waals surface area (Å²) in [5.41, 5.74) is 1.14. The maximum absolute atomic E-state index is 12.6. The van der Waals surface area contributed by atoms with Crippen LogP contribution in [0.2, 0.25) is 0 Å². The highest BCUT2D eigenvalue weighted by Crippen LogP contribution is 2.27. The van der Waals surface area contributed by atoms with Crippen molar-refractivity contribution in [3.05, 3.63) is 29.8 Å². The lowest BCUT2D eigenvalue weighted by molar-refractivity contribution is -0.141. The third kappa shape index (κ3) is 4.48. The highest BCUT2D eigenvalue weighted by Gasteiger charge is 2.26. The summed E-state index contributed by atoms with van der Waals surface area (Å²) in [6, 6.07) is 8.28. The van der Waals surface area contributed by atoms with E-state index >= 15 is 0 Å². The molecule has 1 aromatic carbocycles. The minimum Gasteiger partial charge on any atom is -0.481 e. The molecule has 1 aromatic rings. The molecule has 0 spiro atoms. The Labute approximate surface area is 129 Å². The van der Waals surface area contributed by atoms with E-state index in [0.29, 0.717) is 5.92 Å². The molecule has 0 N–H and O–H groups in total. The maximum atomic E-state index is 12.6. The molecule has 0 heterocycles. The van der Waals surface area contributed by atoms with Crippen molar-refractivity contribution < 1.29 is 9.53 Å². The summed E-state index contributed by atoms with van der Waals surface area (Å²) < 4.78 is 5.96. The van der Waals surface area contributed by atoms with Crippen molar-refractivity contribution in [2.45, 2.75) is 72.6 Å². The van der Waals surface area contributed by atoms with Gasteiger partial charge in [0, 0.05) is 12.1 Å². The summed E-state index contributed by atoms with van der Waals surface area (Å²) >= 11 is 0. The summed E-state index contributed by atoms with van der Waals surface area (Å²) in [5, 5.41) is 0. The van der Waals surface area contributed by atoms with Crippen LogP contribution in [0.4, 0.5) is 0 Å². The monoisotopic (exact) mass is 291 g/mol. The van der Waals surface area contributed by atoms with Crippen LogP contribution in [0.1, 0.15) is 59.9 Å². The van der Waals surface area contributed by atoms with E-state index in [9.17, 15) is 4.79 Å². The molecule has 0 aliphatic rings. The second kappa shape index (κ2) is 7.48. The molecule has 0 aliphatic carbocycles. The SMILES string of the molecule is CC(Oc1ccccc1C(C)C)C(=O)N(C(C)C)C(C)C. The number of hydrogen-bond donors (Lipinski definition) is 0. The summed E-state index contributed by atoms with van der Waals surface area (Å²) in [5.74, 6) is 1.22. The van der Waals surface area contributed by atoms with Gasteiger partial charge in [-0.2, -0.15) is 0 Å². The fourth-order valence-corrected chi connectivity index (χ4v) is 2.62. The maximum Gasteiger partial charge on any atom is 0.263 e. The fourth-order valence-electron chi connectivity index (χ4n) is 2.62. The zero-order valence-electron chi connectivity index (χ0n) is 14.4. The predicted molar refractivity (Wildman–Crippen MR) is 87.7 cm³/mol. The number of para-hydroxylation sites is 1. The van der Waals surface area contributed by atoms with E-state index in [2.05, 4.69) is 19.9 Å². The van der Waals surface area contributed by atoms with Gasteiger partial charge in [-0.1, -0.05) is 32.0 Å². The zero-order valence-corrected chi connectivity index (χ0v) is 14.4. The Bertz CT molecular complexity index is 458. The van der Waals surface area contributed by atoms with E-state index in [0.717, 1.165) is 11.3 Å². The van der Waals surface area contributed by atoms with E-state index in [1.165, 1.54) is 0 Å². The topological polar surface area (TPSA) is 29.5 Å². The molecule has 3 heteroatoms. The summed E-state index contributed by atoms with van der Waals surface area (Å²) in [7, 11) is 0. The molecule has 0 saturated heterocycles. The second-order valence-electron chi connectivity index (χ2n) is 6.39. The third-order valence-corrected chi connectivity index (χ3v) is 3.56. The number of amides is 1.